The molecule has 1 aliphatic heterocycles. The highest BCUT2D eigenvalue weighted by Crippen LogP contribution is 2.07. The van der Waals surface area contributed by atoms with E-state index in [1.165, 1.54) is 0 Å². The molecule has 1 radical (unpaired) electrons. The quantitative estimate of drug-likeness (QED) is 0.524. The van der Waals surface area contributed by atoms with Crippen molar-refractivity contribution in [3.05, 3.63) is 0 Å². The topological polar surface area (TPSA) is 57.2 Å². The van der Waals surface area contributed by atoms with E-state index >= 15 is 0 Å². The van der Waals surface area contributed by atoms with Crippen LogP contribution >= 0.6 is 11.8 Å². The fraction of sp³-hybridized carbons (Fsp3) is 0.800. The molecule has 4 heteroatoms. The Hall–Kier alpha value is -0.220. The Morgan fingerprint density at radius 1 is 1.78 bits per heavy atom. The maximum absolute atomic E-state index is 10.5. The van der Waals surface area contributed by atoms with E-state index in [1.807, 2.05) is 0 Å². The first-order chi connectivity index (χ1) is 4.30. The smallest absolute Gasteiger partial charge is 0.237 e. The molecule has 0 aromatic rings. The highest BCUT2D eigenvalue weighted by atomic mass is 32.2. The van der Waals surface area contributed by atoms with E-state index in [4.69, 9.17) is 5.73 Å². The summed E-state index contributed by atoms with van der Waals surface area (Å²) in [6, 6.07) is -0.219. The van der Waals surface area contributed by atoms with Crippen molar-refractivity contribution >= 4 is 17.7 Å². The molecule has 9 heavy (non-hydrogen) atoms. The second-order valence-electron chi connectivity index (χ2n) is 1.90. The molecule has 1 rings (SSSR count). The fourth-order valence-corrected chi connectivity index (χ4v) is 1.59. The number of amides is 1. The second-order valence-corrected chi connectivity index (χ2v) is 3.05. The Morgan fingerprint density at radius 3 is 2.89 bits per heavy atom. The van der Waals surface area contributed by atoms with Gasteiger partial charge in [0, 0.05) is 18.1 Å². The normalized spacial score (nSPS) is 27.8. The zero-order valence-corrected chi connectivity index (χ0v) is 5.86. The Morgan fingerprint density at radius 2 is 2.56 bits per heavy atom. The van der Waals surface area contributed by atoms with Gasteiger partial charge in [0.25, 0.3) is 0 Å². The average molecular weight is 145 g/mol. The summed E-state index contributed by atoms with van der Waals surface area (Å²) in [5, 5.41) is 4.03. The van der Waals surface area contributed by atoms with Gasteiger partial charge in [-0.3, -0.25) is 4.79 Å². The van der Waals surface area contributed by atoms with Crippen LogP contribution in [-0.4, -0.2) is 30.0 Å². The van der Waals surface area contributed by atoms with E-state index in [0.29, 0.717) is 0 Å². The van der Waals surface area contributed by atoms with Gasteiger partial charge in [-0.1, -0.05) is 0 Å². The van der Waals surface area contributed by atoms with Crippen molar-refractivity contribution in [2.45, 2.75) is 6.04 Å². The van der Waals surface area contributed by atoms with Crippen LogP contribution in [0, 0.1) is 0 Å². The maximum atomic E-state index is 10.5. The van der Waals surface area contributed by atoms with Crippen LogP contribution in [0.15, 0.2) is 0 Å². The molecular formula is C5H9N2OS. The minimum Gasteiger partial charge on any atom is -0.368 e. The summed E-state index contributed by atoms with van der Waals surface area (Å²) in [7, 11) is 0. The zero-order valence-electron chi connectivity index (χ0n) is 5.04. The Kier molecular flexibility index (Phi) is 2.36. The summed E-state index contributed by atoms with van der Waals surface area (Å²) in [5.41, 5.74) is 5.02. The van der Waals surface area contributed by atoms with Gasteiger partial charge in [-0.05, 0) is 0 Å². The summed E-state index contributed by atoms with van der Waals surface area (Å²) >= 11 is 1.74. The first-order valence-corrected chi connectivity index (χ1v) is 4.00. The lowest BCUT2D eigenvalue weighted by Crippen LogP contribution is -2.42. The summed E-state index contributed by atoms with van der Waals surface area (Å²) in [6.07, 6.45) is 0. The highest BCUT2D eigenvalue weighted by molar-refractivity contribution is 7.99. The number of thioether (sulfide) groups is 1. The molecular weight excluding hydrogens is 136 g/mol. The molecule has 1 fully saturated rings. The lowest BCUT2D eigenvalue weighted by Gasteiger charge is -2.17. The number of nitrogens with zero attached hydrogens (tertiary/aromatic N) is 1. The average Bonchev–Trinajstić information content (AvgIpc) is 1.90. The van der Waals surface area contributed by atoms with Crippen LogP contribution in [0.3, 0.4) is 0 Å². The summed E-state index contributed by atoms with van der Waals surface area (Å²) < 4.78 is 0. The first-order valence-electron chi connectivity index (χ1n) is 2.84. The third-order valence-electron chi connectivity index (χ3n) is 1.19. The van der Waals surface area contributed by atoms with Crippen LogP contribution < -0.4 is 11.1 Å². The minimum atomic E-state index is -0.290. The molecule has 51 valence electrons. The van der Waals surface area contributed by atoms with E-state index in [9.17, 15) is 4.79 Å². The molecule has 0 aliphatic carbocycles. The number of carbonyl (C=O) groups is 1. The predicted molar refractivity (Wildman–Crippen MR) is 37.3 cm³/mol. The summed E-state index contributed by atoms with van der Waals surface area (Å²) in [6.45, 7) is 0.776. The molecule has 1 aliphatic rings. The molecule has 2 N–H and O–H groups in total. The molecule has 1 unspecified atom stereocenters. The second kappa shape index (κ2) is 3.08. The van der Waals surface area contributed by atoms with E-state index in [1.54, 1.807) is 11.8 Å². The SMILES string of the molecule is NC(=O)C1CSCC[N]1. The van der Waals surface area contributed by atoms with E-state index in [2.05, 4.69) is 5.32 Å². The number of carbonyl (C=O) groups excluding carboxylic acids is 1. The molecule has 1 amide bonds. The van der Waals surface area contributed by atoms with Crippen LogP contribution in [0.1, 0.15) is 0 Å². The lowest BCUT2D eigenvalue weighted by atomic mass is 10.3. The van der Waals surface area contributed by atoms with Gasteiger partial charge in [0.1, 0.15) is 6.04 Å². The molecule has 0 aromatic heterocycles. The van der Waals surface area contributed by atoms with Crippen molar-refractivity contribution in [1.82, 2.24) is 5.32 Å². The number of rotatable bonds is 1. The maximum Gasteiger partial charge on any atom is 0.237 e. The van der Waals surface area contributed by atoms with Crippen molar-refractivity contribution in [2.24, 2.45) is 5.73 Å². The van der Waals surface area contributed by atoms with Gasteiger partial charge < -0.3 is 5.73 Å². The predicted octanol–water partition coefficient (Wildman–Crippen LogP) is -0.809. The van der Waals surface area contributed by atoms with Crippen molar-refractivity contribution in [1.29, 1.82) is 0 Å². The van der Waals surface area contributed by atoms with E-state index < -0.39 is 0 Å². The van der Waals surface area contributed by atoms with Crippen molar-refractivity contribution < 1.29 is 4.79 Å². The molecule has 1 heterocycles. The standard InChI is InChI=1S/C5H9N2OS/c6-5(8)4-3-9-2-1-7-4/h4H,1-3H2,(H2,6,8). The molecule has 3 nitrogen and oxygen atoms in total. The first kappa shape index (κ1) is 6.89. The Balaban J connectivity index is 2.31. The molecule has 0 spiro atoms. The van der Waals surface area contributed by atoms with Crippen molar-refractivity contribution in [3.63, 3.8) is 0 Å². The Bertz CT molecular complexity index is 112. The van der Waals surface area contributed by atoms with E-state index in [-0.39, 0.29) is 11.9 Å². The lowest BCUT2D eigenvalue weighted by molar-refractivity contribution is -0.119. The van der Waals surface area contributed by atoms with Gasteiger partial charge in [-0.2, -0.15) is 11.8 Å². The van der Waals surface area contributed by atoms with Crippen LogP contribution in [0.5, 0.6) is 0 Å². The molecule has 1 saturated heterocycles. The Labute approximate surface area is 58.4 Å². The third kappa shape index (κ3) is 1.87. The van der Waals surface area contributed by atoms with Crippen LogP contribution in [0.4, 0.5) is 0 Å². The molecule has 0 saturated carbocycles. The fourth-order valence-electron chi connectivity index (χ4n) is 0.693. The summed E-state index contributed by atoms with van der Waals surface area (Å²) in [4.78, 5) is 10.5. The molecule has 0 aromatic carbocycles. The highest BCUT2D eigenvalue weighted by Gasteiger charge is 2.18. The van der Waals surface area contributed by atoms with Crippen LogP contribution in [0.2, 0.25) is 0 Å². The van der Waals surface area contributed by atoms with E-state index in [0.717, 1.165) is 18.1 Å². The minimum absolute atomic E-state index is 0.219. The molecule has 0 bridgehead atoms. The van der Waals surface area contributed by atoms with Gasteiger partial charge in [0.05, 0.1) is 0 Å². The number of hydrogen-bond acceptors (Lipinski definition) is 2. The zero-order chi connectivity index (χ0) is 6.69. The number of hydrogen-bond donors (Lipinski definition) is 1. The van der Waals surface area contributed by atoms with Crippen molar-refractivity contribution in [2.75, 3.05) is 18.1 Å². The third-order valence-corrected chi connectivity index (χ3v) is 2.21. The van der Waals surface area contributed by atoms with Crippen LogP contribution in [-0.2, 0) is 4.79 Å². The van der Waals surface area contributed by atoms with Crippen molar-refractivity contribution in [3.8, 4) is 0 Å². The van der Waals surface area contributed by atoms with Gasteiger partial charge in [-0.15, -0.1) is 0 Å². The number of primary amides is 1. The largest absolute Gasteiger partial charge is 0.368 e. The van der Waals surface area contributed by atoms with Gasteiger partial charge in [0.2, 0.25) is 5.91 Å². The monoisotopic (exact) mass is 145 g/mol. The van der Waals surface area contributed by atoms with Gasteiger partial charge >= 0.3 is 0 Å². The number of nitrogens with two attached hydrogens (primary N) is 1. The summed E-state index contributed by atoms with van der Waals surface area (Å²) in [5.74, 6) is 1.52. The molecule has 1 atom stereocenters. The van der Waals surface area contributed by atoms with Crippen LogP contribution in [0.25, 0.3) is 0 Å². The van der Waals surface area contributed by atoms with Gasteiger partial charge in [-0.25, -0.2) is 5.32 Å². The van der Waals surface area contributed by atoms with Gasteiger partial charge in [0.15, 0.2) is 0 Å².